The summed E-state index contributed by atoms with van der Waals surface area (Å²) in [5.74, 6) is -1.77. The lowest BCUT2D eigenvalue weighted by atomic mass is 9.91. The molecule has 1 heterocycles. The van der Waals surface area contributed by atoms with Gasteiger partial charge in [0.25, 0.3) is 0 Å². The summed E-state index contributed by atoms with van der Waals surface area (Å²) in [5, 5.41) is -0.188. The number of hydrogen-bond donors (Lipinski definition) is 1. The van der Waals surface area contributed by atoms with Crippen LogP contribution in [-0.2, 0) is 10.3 Å². The van der Waals surface area contributed by atoms with Crippen molar-refractivity contribution in [1.29, 1.82) is 0 Å². The zero-order chi connectivity index (χ0) is 15.1. The van der Waals surface area contributed by atoms with E-state index < -0.39 is 23.8 Å². The highest BCUT2D eigenvalue weighted by molar-refractivity contribution is 5.86. The number of nitrogens with one attached hydrogen (secondary N) is 1. The van der Waals surface area contributed by atoms with Gasteiger partial charge in [0.15, 0.2) is 4.87 Å². The van der Waals surface area contributed by atoms with Gasteiger partial charge in [-0.25, -0.2) is 9.82 Å². The molecule has 1 aliphatic heterocycles. The van der Waals surface area contributed by atoms with Crippen LogP contribution in [0.25, 0.3) is 0 Å². The maximum atomic E-state index is 14.0. The first-order chi connectivity index (χ1) is 9.32. The number of hydrogen-bond acceptors (Lipinski definition) is 3. The average Bonchev–Trinajstić information content (AvgIpc) is 2.63. The molecule has 0 bridgehead atoms. The van der Waals surface area contributed by atoms with Crippen LogP contribution in [0.1, 0.15) is 12.5 Å². The fraction of sp³-hybridized carbons (Fsp3) is 0.364. The normalized spacial score (nSPS) is 22.4. The molecule has 108 valence electrons. The third-order valence-corrected chi connectivity index (χ3v) is 3.12. The molecule has 1 atom stereocenters. The largest absolute Gasteiger partial charge is 0.497 e. The summed E-state index contributed by atoms with van der Waals surface area (Å²) in [7, 11) is 1.32. The number of methoxy groups -OCH3 is 1. The monoisotopic (exact) mass is 290 g/mol. The average molecular weight is 290 g/mol. The van der Waals surface area contributed by atoms with Crippen LogP contribution in [0.15, 0.2) is 18.2 Å². The summed E-state index contributed by atoms with van der Waals surface area (Å²) in [6.07, 6.45) is 0. The molecular weight excluding hydrogens is 279 g/mol. The van der Waals surface area contributed by atoms with Crippen LogP contribution < -0.4 is 10.2 Å². The lowest BCUT2D eigenvalue weighted by Crippen LogP contribution is -2.42. The van der Waals surface area contributed by atoms with E-state index in [0.29, 0.717) is 0 Å². The first-order valence-electron chi connectivity index (χ1n) is 5.52. The molecule has 1 aromatic carbocycles. The lowest BCUT2D eigenvalue weighted by molar-refractivity contribution is -0.766. The third-order valence-electron chi connectivity index (χ3n) is 3.12. The molecule has 20 heavy (non-hydrogen) atoms. The second-order valence-electron chi connectivity index (χ2n) is 4.25. The number of rotatable bonds is 3. The minimum absolute atomic E-state index is 0.177. The van der Waals surface area contributed by atoms with Gasteiger partial charge in [-0.3, -0.25) is 4.79 Å². The predicted molar refractivity (Wildman–Crippen MR) is 59.9 cm³/mol. The SMILES string of the molecule is COc1ccc(C2(C)C(=O)NN(C(F)F)[N+]2=O)c(F)c1. The van der Waals surface area contributed by atoms with Crippen molar-refractivity contribution in [3.05, 3.63) is 34.5 Å². The molecule has 2 rings (SSSR count). The van der Waals surface area contributed by atoms with Crippen molar-refractivity contribution in [2.75, 3.05) is 7.11 Å². The van der Waals surface area contributed by atoms with Crippen molar-refractivity contribution in [1.82, 2.24) is 10.5 Å². The predicted octanol–water partition coefficient (Wildman–Crippen LogP) is 1.31. The number of halogens is 3. The second-order valence-corrected chi connectivity index (χ2v) is 4.25. The van der Waals surface area contributed by atoms with E-state index in [1.165, 1.54) is 13.2 Å². The topological polar surface area (TPSA) is 61.6 Å². The summed E-state index contributed by atoms with van der Waals surface area (Å²) in [4.78, 5) is 23.4. The molecule has 9 heteroatoms. The molecule has 0 radical (unpaired) electrons. The first kappa shape index (κ1) is 14.1. The molecule has 1 saturated heterocycles. The molecule has 1 aliphatic rings. The number of nitroso groups, excluding NO2 is 1. The zero-order valence-corrected chi connectivity index (χ0v) is 10.6. The van der Waals surface area contributed by atoms with Gasteiger partial charge in [0, 0.05) is 18.1 Å². The summed E-state index contributed by atoms with van der Waals surface area (Å²) in [6.45, 7) is -2.18. The number of amides is 1. The van der Waals surface area contributed by atoms with Gasteiger partial charge < -0.3 is 4.74 Å². The van der Waals surface area contributed by atoms with E-state index in [0.717, 1.165) is 19.1 Å². The molecule has 1 amide bonds. The van der Waals surface area contributed by atoms with Gasteiger partial charge in [-0.2, -0.15) is 8.78 Å². The minimum atomic E-state index is -3.24. The van der Waals surface area contributed by atoms with Gasteiger partial charge in [0.1, 0.15) is 11.6 Å². The lowest BCUT2D eigenvalue weighted by Gasteiger charge is -2.13. The Morgan fingerprint density at radius 1 is 1.45 bits per heavy atom. The number of benzene rings is 1. The van der Waals surface area contributed by atoms with E-state index >= 15 is 0 Å². The number of carbonyl (C=O) groups excluding carboxylic acids is 1. The summed E-state index contributed by atoms with van der Waals surface area (Å²) in [5.41, 5.74) is -0.735. The van der Waals surface area contributed by atoms with Crippen LogP contribution in [0.5, 0.6) is 5.75 Å². The van der Waals surface area contributed by atoms with Gasteiger partial charge in [-0.1, -0.05) is 0 Å². The van der Waals surface area contributed by atoms with Crippen molar-refractivity contribution >= 4 is 5.91 Å². The highest BCUT2D eigenvalue weighted by Gasteiger charge is 2.64. The Morgan fingerprint density at radius 3 is 2.55 bits per heavy atom. The highest BCUT2D eigenvalue weighted by atomic mass is 19.3. The number of ether oxygens (including phenoxy) is 1. The van der Waals surface area contributed by atoms with Crippen LogP contribution in [0, 0.1) is 10.7 Å². The van der Waals surface area contributed by atoms with Crippen molar-refractivity contribution in [3.8, 4) is 5.75 Å². The maximum Gasteiger partial charge on any atom is 0.386 e. The molecule has 0 spiro atoms. The number of carbonyl (C=O) groups is 1. The first-order valence-corrected chi connectivity index (χ1v) is 5.52. The zero-order valence-electron chi connectivity index (χ0n) is 10.6. The summed E-state index contributed by atoms with van der Waals surface area (Å²) < 4.78 is 44.0. The Labute approximate surface area is 111 Å². The molecule has 0 aliphatic carbocycles. The van der Waals surface area contributed by atoms with Gasteiger partial charge in [-0.15, -0.1) is 0 Å². The molecule has 0 aromatic heterocycles. The van der Waals surface area contributed by atoms with E-state index in [2.05, 4.69) is 0 Å². The summed E-state index contributed by atoms with van der Waals surface area (Å²) in [6, 6.07) is 3.44. The standard InChI is InChI=1S/C11H10F3N3O3/c1-11(7-4-3-6(20-2)5-8(7)12)9(18)15-16(10(13)14)17(11)19/h3-5,10H,1-2H3/p+1. The van der Waals surface area contributed by atoms with Crippen LogP contribution in [-0.4, -0.2) is 29.6 Å². The molecule has 1 fully saturated rings. The van der Waals surface area contributed by atoms with Gasteiger partial charge in [-0.05, 0) is 12.1 Å². The second kappa shape index (κ2) is 4.66. The minimum Gasteiger partial charge on any atom is -0.497 e. The smallest absolute Gasteiger partial charge is 0.386 e. The van der Waals surface area contributed by atoms with Gasteiger partial charge in [0.05, 0.1) is 17.6 Å². The number of alkyl halides is 2. The van der Waals surface area contributed by atoms with Crippen molar-refractivity contribution in [2.45, 2.75) is 19.0 Å². The number of hydrazine groups is 2. The van der Waals surface area contributed by atoms with Crippen LogP contribution in [0.2, 0.25) is 0 Å². The fourth-order valence-corrected chi connectivity index (χ4v) is 1.93. The fourth-order valence-electron chi connectivity index (χ4n) is 1.93. The van der Waals surface area contributed by atoms with E-state index in [4.69, 9.17) is 4.74 Å². The van der Waals surface area contributed by atoms with Crippen molar-refractivity contribution < 1.29 is 27.6 Å². The van der Waals surface area contributed by atoms with Crippen LogP contribution >= 0.6 is 0 Å². The van der Waals surface area contributed by atoms with Crippen LogP contribution in [0.4, 0.5) is 13.2 Å². The van der Waals surface area contributed by atoms with Crippen molar-refractivity contribution in [3.63, 3.8) is 0 Å². The maximum absolute atomic E-state index is 14.0. The highest BCUT2D eigenvalue weighted by Crippen LogP contribution is 2.34. The Hall–Kier alpha value is -2.32. The van der Waals surface area contributed by atoms with Gasteiger partial charge in [0.2, 0.25) is 0 Å². The molecule has 6 nitrogen and oxygen atoms in total. The summed E-state index contributed by atoms with van der Waals surface area (Å²) >= 11 is 0. The number of nitrogens with zero attached hydrogens (tertiary/aromatic N) is 2. The van der Waals surface area contributed by atoms with E-state index in [-0.39, 0.29) is 21.3 Å². The van der Waals surface area contributed by atoms with E-state index in [1.807, 2.05) is 0 Å². The molecule has 1 unspecified atom stereocenters. The Balaban J connectivity index is 2.50. The third kappa shape index (κ3) is 1.86. The molecule has 1 N–H and O–H groups in total. The molecule has 0 saturated carbocycles. The van der Waals surface area contributed by atoms with Crippen molar-refractivity contribution in [2.24, 2.45) is 0 Å². The Morgan fingerprint density at radius 2 is 2.10 bits per heavy atom. The molecular formula is C11H11F3N3O3+. The Kier molecular flexibility index (Phi) is 3.28. The van der Waals surface area contributed by atoms with E-state index in [1.54, 1.807) is 5.43 Å². The van der Waals surface area contributed by atoms with Gasteiger partial charge >= 0.3 is 18.0 Å². The Bertz CT molecular complexity index is 581. The van der Waals surface area contributed by atoms with E-state index in [9.17, 15) is 22.9 Å². The van der Waals surface area contributed by atoms with Crippen LogP contribution in [0.3, 0.4) is 0 Å². The quantitative estimate of drug-likeness (QED) is 0.673. The molecule has 1 aromatic rings.